The largest absolute Gasteiger partial charge is 0.438 e. The first-order valence-electron chi connectivity index (χ1n) is 5.93. The molecule has 96 valence electrons. The van der Waals surface area contributed by atoms with Crippen molar-refractivity contribution in [2.24, 2.45) is 0 Å². The molecule has 0 fully saturated rings. The second-order valence-corrected chi connectivity index (χ2v) is 4.27. The van der Waals surface area contributed by atoms with E-state index in [0.717, 1.165) is 5.56 Å². The molecule has 4 nitrogen and oxygen atoms in total. The molecule has 0 spiro atoms. The monoisotopic (exact) mass is 254 g/mol. The zero-order valence-electron chi connectivity index (χ0n) is 10.8. The summed E-state index contributed by atoms with van der Waals surface area (Å²) in [6, 6.07) is 10.8. The van der Waals surface area contributed by atoms with Gasteiger partial charge in [0.05, 0.1) is 17.7 Å². The fourth-order valence-corrected chi connectivity index (χ4v) is 1.69. The number of nitrogens with zero attached hydrogens (tertiary/aromatic N) is 2. The average molecular weight is 254 g/mol. The van der Waals surface area contributed by atoms with E-state index in [9.17, 15) is 5.11 Å². The van der Waals surface area contributed by atoms with Gasteiger partial charge in [0.15, 0.2) is 0 Å². The standard InChI is InChI=1S/C15H14N2O2/c1-10-5-6-12(9-16)8-14(10)19-15-13(11(2)18)4-3-7-17-15/h3-8,11,18H,1-2H3/t11-/m1/s1. The fourth-order valence-electron chi connectivity index (χ4n) is 1.69. The zero-order chi connectivity index (χ0) is 13.8. The number of nitriles is 1. The maximum Gasteiger partial charge on any atom is 0.225 e. The molecular formula is C15H14N2O2. The fraction of sp³-hybridized carbons (Fsp3) is 0.200. The van der Waals surface area contributed by atoms with E-state index in [1.807, 2.05) is 13.0 Å². The highest BCUT2D eigenvalue weighted by Gasteiger charge is 2.12. The molecule has 0 unspecified atom stereocenters. The Morgan fingerprint density at radius 3 is 2.84 bits per heavy atom. The molecule has 0 saturated carbocycles. The third-order valence-corrected chi connectivity index (χ3v) is 2.77. The summed E-state index contributed by atoms with van der Waals surface area (Å²) in [5.74, 6) is 0.926. The molecule has 0 aliphatic rings. The Hall–Kier alpha value is -2.38. The molecule has 2 aromatic rings. The molecule has 1 aromatic heterocycles. The Bertz CT molecular complexity index is 630. The number of aryl methyl sites for hydroxylation is 1. The Morgan fingerprint density at radius 1 is 1.37 bits per heavy atom. The van der Waals surface area contributed by atoms with Crippen LogP contribution in [0.15, 0.2) is 36.5 Å². The van der Waals surface area contributed by atoms with E-state index in [1.165, 1.54) is 0 Å². The van der Waals surface area contributed by atoms with Crippen molar-refractivity contribution in [1.82, 2.24) is 4.98 Å². The summed E-state index contributed by atoms with van der Waals surface area (Å²) in [5, 5.41) is 18.6. The first-order chi connectivity index (χ1) is 9.11. The lowest BCUT2D eigenvalue weighted by Crippen LogP contribution is -1.99. The summed E-state index contributed by atoms with van der Waals surface area (Å²) in [7, 11) is 0. The van der Waals surface area contributed by atoms with Gasteiger partial charge in [0.2, 0.25) is 5.88 Å². The molecule has 4 heteroatoms. The summed E-state index contributed by atoms with van der Waals surface area (Å²) >= 11 is 0. The van der Waals surface area contributed by atoms with E-state index in [0.29, 0.717) is 22.8 Å². The highest BCUT2D eigenvalue weighted by molar-refractivity contribution is 5.44. The predicted octanol–water partition coefficient (Wildman–Crippen LogP) is 3.11. The van der Waals surface area contributed by atoms with E-state index in [4.69, 9.17) is 10.00 Å². The van der Waals surface area contributed by atoms with Crippen molar-refractivity contribution in [1.29, 1.82) is 5.26 Å². The lowest BCUT2D eigenvalue weighted by atomic mass is 10.1. The van der Waals surface area contributed by atoms with Gasteiger partial charge in [0.1, 0.15) is 5.75 Å². The third-order valence-electron chi connectivity index (χ3n) is 2.77. The van der Waals surface area contributed by atoms with Crippen LogP contribution in [0.25, 0.3) is 0 Å². The molecule has 0 radical (unpaired) electrons. The SMILES string of the molecule is Cc1ccc(C#N)cc1Oc1ncccc1[C@@H](C)O. The number of aromatic nitrogens is 1. The van der Waals surface area contributed by atoms with Crippen LogP contribution in [0.5, 0.6) is 11.6 Å². The molecule has 19 heavy (non-hydrogen) atoms. The van der Waals surface area contributed by atoms with Crippen LogP contribution in [0.2, 0.25) is 0 Å². The number of ether oxygens (including phenoxy) is 1. The third kappa shape index (κ3) is 2.90. The van der Waals surface area contributed by atoms with Crippen molar-refractivity contribution in [3.05, 3.63) is 53.2 Å². The number of rotatable bonds is 3. The van der Waals surface area contributed by atoms with Crippen molar-refractivity contribution in [3.8, 4) is 17.7 Å². The van der Waals surface area contributed by atoms with Crippen molar-refractivity contribution >= 4 is 0 Å². The first kappa shape index (κ1) is 13.1. The van der Waals surface area contributed by atoms with E-state index < -0.39 is 6.10 Å². The first-order valence-corrected chi connectivity index (χ1v) is 5.93. The van der Waals surface area contributed by atoms with Crippen LogP contribution < -0.4 is 4.74 Å². The molecule has 1 heterocycles. The van der Waals surface area contributed by atoms with Gasteiger partial charge in [-0.05, 0) is 43.7 Å². The van der Waals surface area contributed by atoms with Crippen LogP contribution in [-0.2, 0) is 0 Å². The van der Waals surface area contributed by atoms with Crippen LogP contribution >= 0.6 is 0 Å². The molecule has 1 aromatic carbocycles. The van der Waals surface area contributed by atoms with Gasteiger partial charge in [-0.25, -0.2) is 4.98 Å². The summed E-state index contributed by atoms with van der Waals surface area (Å²) in [6.45, 7) is 3.55. The molecule has 2 rings (SSSR count). The van der Waals surface area contributed by atoms with Crippen molar-refractivity contribution in [3.63, 3.8) is 0 Å². The van der Waals surface area contributed by atoms with Gasteiger partial charge in [0, 0.05) is 11.8 Å². The molecule has 0 saturated heterocycles. The minimum atomic E-state index is -0.664. The molecule has 0 amide bonds. The second kappa shape index (κ2) is 5.51. The van der Waals surface area contributed by atoms with Crippen molar-refractivity contribution in [2.75, 3.05) is 0 Å². The van der Waals surface area contributed by atoms with Crippen LogP contribution in [0.3, 0.4) is 0 Å². The van der Waals surface area contributed by atoms with Gasteiger partial charge in [0.25, 0.3) is 0 Å². The Kier molecular flexibility index (Phi) is 3.79. The maximum absolute atomic E-state index is 9.68. The summed E-state index contributed by atoms with van der Waals surface area (Å²) in [4.78, 5) is 4.13. The predicted molar refractivity (Wildman–Crippen MR) is 70.8 cm³/mol. The maximum atomic E-state index is 9.68. The van der Waals surface area contributed by atoms with Crippen LogP contribution in [0.4, 0.5) is 0 Å². The number of aliphatic hydroxyl groups excluding tert-OH is 1. The summed E-state index contributed by atoms with van der Waals surface area (Å²) < 4.78 is 5.72. The van der Waals surface area contributed by atoms with Gasteiger partial charge in [-0.2, -0.15) is 5.26 Å². The smallest absolute Gasteiger partial charge is 0.225 e. The lowest BCUT2D eigenvalue weighted by molar-refractivity contribution is 0.194. The summed E-state index contributed by atoms with van der Waals surface area (Å²) in [6.07, 6.45) is 0.938. The highest BCUT2D eigenvalue weighted by Crippen LogP contribution is 2.29. The molecule has 0 aliphatic carbocycles. The van der Waals surface area contributed by atoms with E-state index in [2.05, 4.69) is 11.1 Å². The molecule has 0 aliphatic heterocycles. The molecule has 1 N–H and O–H groups in total. The topological polar surface area (TPSA) is 66.1 Å². The van der Waals surface area contributed by atoms with Gasteiger partial charge in [-0.1, -0.05) is 6.07 Å². The molecule has 0 bridgehead atoms. The minimum absolute atomic E-state index is 0.357. The van der Waals surface area contributed by atoms with E-state index >= 15 is 0 Å². The van der Waals surface area contributed by atoms with Crippen LogP contribution in [-0.4, -0.2) is 10.1 Å². The Balaban J connectivity index is 2.39. The normalized spacial score (nSPS) is 11.7. The number of hydrogen-bond acceptors (Lipinski definition) is 4. The highest BCUT2D eigenvalue weighted by atomic mass is 16.5. The van der Waals surface area contributed by atoms with E-state index in [-0.39, 0.29) is 0 Å². The zero-order valence-corrected chi connectivity index (χ0v) is 10.8. The number of benzene rings is 1. The van der Waals surface area contributed by atoms with Gasteiger partial charge >= 0.3 is 0 Å². The Labute approximate surface area is 111 Å². The number of pyridine rings is 1. The van der Waals surface area contributed by atoms with Gasteiger partial charge in [-0.3, -0.25) is 0 Å². The molecular weight excluding hydrogens is 240 g/mol. The van der Waals surface area contributed by atoms with Crippen LogP contribution in [0.1, 0.15) is 29.7 Å². The Morgan fingerprint density at radius 2 is 2.16 bits per heavy atom. The summed E-state index contributed by atoms with van der Waals surface area (Å²) in [5.41, 5.74) is 2.04. The minimum Gasteiger partial charge on any atom is -0.438 e. The molecule has 1 atom stereocenters. The second-order valence-electron chi connectivity index (χ2n) is 4.27. The van der Waals surface area contributed by atoms with Crippen molar-refractivity contribution < 1.29 is 9.84 Å². The van der Waals surface area contributed by atoms with Gasteiger partial charge < -0.3 is 9.84 Å². The quantitative estimate of drug-likeness (QED) is 0.913. The number of aliphatic hydroxyl groups is 1. The van der Waals surface area contributed by atoms with Crippen molar-refractivity contribution in [2.45, 2.75) is 20.0 Å². The lowest BCUT2D eigenvalue weighted by Gasteiger charge is -2.13. The van der Waals surface area contributed by atoms with E-state index in [1.54, 1.807) is 37.4 Å². The van der Waals surface area contributed by atoms with Gasteiger partial charge in [-0.15, -0.1) is 0 Å². The average Bonchev–Trinajstić information content (AvgIpc) is 2.41. The number of hydrogen-bond donors (Lipinski definition) is 1. The van der Waals surface area contributed by atoms with Crippen LogP contribution in [0, 0.1) is 18.3 Å².